The number of nitrogens with one attached hydrogen (secondary N) is 2. The van der Waals surface area contributed by atoms with Crippen LogP contribution < -0.4 is 15.5 Å². The van der Waals surface area contributed by atoms with Gasteiger partial charge in [-0.25, -0.2) is 0 Å². The summed E-state index contributed by atoms with van der Waals surface area (Å²) in [5.74, 6) is 0.206. The summed E-state index contributed by atoms with van der Waals surface area (Å²) < 4.78 is 0. The van der Waals surface area contributed by atoms with Gasteiger partial charge in [0.1, 0.15) is 0 Å². The van der Waals surface area contributed by atoms with Crippen LogP contribution in [0.1, 0.15) is 32.1 Å². The van der Waals surface area contributed by atoms with Gasteiger partial charge in [0.15, 0.2) is 0 Å². The van der Waals surface area contributed by atoms with Crippen molar-refractivity contribution >= 4 is 23.2 Å². The molecule has 2 aliphatic rings. The standard InChI is InChI=1S/C16H21N3O2/c20-15-5-3-11-19(15)13-8-6-12(7-9-13)18-16(21)14-4-1-2-10-17-14/h6-9,14,17H,1-5,10-11H2,(H,18,21)/t14-/m1/s1. The van der Waals surface area contributed by atoms with Crippen LogP contribution in [-0.4, -0.2) is 30.9 Å². The minimum atomic E-state index is -0.0846. The third-order valence-electron chi connectivity index (χ3n) is 4.15. The molecule has 0 unspecified atom stereocenters. The molecular weight excluding hydrogens is 266 g/mol. The maximum absolute atomic E-state index is 12.1. The second-order valence-corrected chi connectivity index (χ2v) is 5.69. The first kappa shape index (κ1) is 14.1. The van der Waals surface area contributed by atoms with Gasteiger partial charge in [-0.1, -0.05) is 6.42 Å². The van der Waals surface area contributed by atoms with Crippen molar-refractivity contribution in [2.45, 2.75) is 38.1 Å². The van der Waals surface area contributed by atoms with Crippen molar-refractivity contribution in [3.05, 3.63) is 24.3 Å². The molecule has 0 aliphatic carbocycles. The van der Waals surface area contributed by atoms with E-state index in [1.165, 1.54) is 0 Å². The predicted octanol–water partition coefficient (Wildman–Crippen LogP) is 1.89. The fraction of sp³-hybridized carbons (Fsp3) is 0.500. The molecule has 0 radical (unpaired) electrons. The largest absolute Gasteiger partial charge is 0.325 e. The Bertz CT molecular complexity index is 521. The number of hydrogen-bond donors (Lipinski definition) is 2. The van der Waals surface area contributed by atoms with Crippen molar-refractivity contribution in [2.75, 3.05) is 23.3 Å². The van der Waals surface area contributed by atoms with Crippen LogP contribution in [0.3, 0.4) is 0 Å². The molecule has 5 nitrogen and oxygen atoms in total. The summed E-state index contributed by atoms with van der Waals surface area (Å²) >= 11 is 0. The van der Waals surface area contributed by atoms with E-state index in [1.54, 1.807) is 4.90 Å². The van der Waals surface area contributed by atoms with Crippen LogP contribution in [0, 0.1) is 0 Å². The molecular formula is C16H21N3O2. The van der Waals surface area contributed by atoms with Gasteiger partial charge in [0.05, 0.1) is 6.04 Å². The molecule has 2 fully saturated rings. The van der Waals surface area contributed by atoms with E-state index in [0.717, 1.165) is 50.1 Å². The van der Waals surface area contributed by atoms with Crippen LogP contribution in [0.2, 0.25) is 0 Å². The second-order valence-electron chi connectivity index (χ2n) is 5.69. The van der Waals surface area contributed by atoms with Gasteiger partial charge in [-0.3, -0.25) is 9.59 Å². The first-order valence-electron chi connectivity index (χ1n) is 7.69. The van der Waals surface area contributed by atoms with Crippen LogP contribution >= 0.6 is 0 Å². The third-order valence-corrected chi connectivity index (χ3v) is 4.15. The quantitative estimate of drug-likeness (QED) is 0.892. The van der Waals surface area contributed by atoms with Crippen molar-refractivity contribution < 1.29 is 9.59 Å². The summed E-state index contributed by atoms with van der Waals surface area (Å²) in [5.41, 5.74) is 1.69. The Kier molecular flexibility index (Phi) is 4.20. The van der Waals surface area contributed by atoms with Crippen LogP contribution in [0.15, 0.2) is 24.3 Å². The average Bonchev–Trinajstić information content (AvgIpc) is 2.95. The summed E-state index contributed by atoms with van der Waals surface area (Å²) in [7, 11) is 0. The number of carbonyl (C=O) groups is 2. The average molecular weight is 287 g/mol. The lowest BCUT2D eigenvalue weighted by molar-refractivity contribution is -0.119. The van der Waals surface area contributed by atoms with E-state index in [2.05, 4.69) is 10.6 Å². The molecule has 0 saturated carbocycles. The summed E-state index contributed by atoms with van der Waals surface area (Å²) in [5, 5.41) is 6.17. The lowest BCUT2D eigenvalue weighted by Gasteiger charge is -2.22. The molecule has 112 valence electrons. The van der Waals surface area contributed by atoms with Crippen molar-refractivity contribution in [3.8, 4) is 0 Å². The smallest absolute Gasteiger partial charge is 0.241 e. The Balaban J connectivity index is 1.61. The van der Waals surface area contributed by atoms with Crippen LogP contribution in [0.25, 0.3) is 0 Å². The highest BCUT2D eigenvalue weighted by Gasteiger charge is 2.22. The van der Waals surface area contributed by atoms with Crippen molar-refractivity contribution in [1.29, 1.82) is 0 Å². The number of hydrogen-bond acceptors (Lipinski definition) is 3. The molecule has 2 heterocycles. The highest BCUT2D eigenvalue weighted by molar-refractivity contribution is 5.97. The molecule has 21 heavy (non-hydrogen) atoms. The Labute approximate surface area is 124 Å². The van der Waals surface area contributed by atoms with Gasteiger partial charge in [-0.15, -0.1) is 0 Å². The van der Waals surface area contributed by atoms with Crippen LogP contribution in [0.5, 0.6) is 0 Å². The topological polar surface area (TPSA) is 61.4 Å². The number of anilines is 2. The van der Waals surface area contributed by atoms with E-state index in [9.17, 15) is 9.59 Å². The van der Waals surface area contributed by atoms with E-state index < -0.39 is 0 Å². The lowest BCUT2D eigenvalue weighted by Crippen LogP contribution is -2.43. The summed E-state index contributed by atoms with van der Waals surface area (Å²) in [6, 6.07) is 7.43. The van der Waals surface area contributed by atoms with E-state index in [-0.39, 0.29) is 17.9 Å². The van der Waals surface area contributed by atoms with E-state index in [0.29, 0.717) is 6.42 Å². The Morgan fingerprint density at radius 1 is 1.19 bits per heavy atom. The van der Waals surface area contributed by atoms with E-state index in [1.807, 2.05) is 24.3 Å². The molecule has 5 heteroatoms. The van der Waals surface area contributed by atoms with Crippen molar-refractivity contribution in [2.24, 2.45) is 0 Å². The van der Waals surface area contributed by atoms with Crippen molar-refractivity contribution in [1.82, 2.24) is 5.32 Å². The summed E-state index contributed by atoms with van der Waals surface area (Å²) in [6.07, 6.45) is 4.69. The zero-order valence-corrected chi connectivity index (χ0v) is 12.1. The molecule has 1 atom stereocenters. The molecule has 2 amide bonds. The normalized spacial score (nSPS) is 22.4. The predicted molar refractivity (Wildman–Crippen MR) is 82.3 cm³/mol. The molecule has 2 aliphatic heterocycles. The molecule has 0 bridgehead atoms. The Morgan fingerprint density at radius 3 is 2.62 bits per heavy atom. The number of amides is 2. The van der Waals surface area contributed by atoms with E-state index >= 15 is 0 Å². The van der Waals surface area contributed by atoms with Crippen LogP contribution in [-0.2, 0) is 9.59 Å². The molecule has 0 spiro atoms. The van der Waals surface area contributed by atoms with Gasteiger partial charge >= 0.3 is 0 Å². The number of nitrogens with zero attached hydrogens (tertiary/aromatic N) is 1. The zero-order chi connectivity index (χ0) is 14.7. The van der Waals surface area contributed by atoms with Gasteiger partial charge in [-0.05, 0) is 50.1 Å². The maximum atomic E-state index is 12.1. The van der Waals surface area contributed by atoms with Crippen LogP contribution in [0.4, 0.5) is 11.4 Å². The zero-order valence-electron chi connectivity index (χ0n) is 12.1. The second kappa shape index (κ2) is 6.26. The van der Waals surface area contributed by atoms with E-state index in [4.69, 9.17) is 0 Å². The molecule has 2 N–H and O–H groups in total. The molecule has 3 rings (SSSR count). The van der Waals surface area contributed by atoms with Gasteiger partial charge in [0.2, 0.25) is 11.8 Å². The number of carbonyl (C=O) groups excluding carboxylic acids is 2. The van der Waals surface area contributed by atoms with Gasteiger partial charge in [-0.2, -0.15) is 0 Å². The highest BCUT2D eigenvalue weighted by atomic mass is 16.2. The first-order chi connectivity index (χ1) is 10.2. The summed E-state index contributed by atoms with van der Waals surface area (Å²) in [4.78, 5) is 25.6. The SMILES string of the molecule is O=C(Nc1ccc(N2CCCC2=O)cc1)[C@H]1CCCCN1. The molecule has 0 aromatic heterocycles. The lowest BCUT2D eigenvalue weighted by atomic mass is 10.0. The Morgan fingerprint density at radius 2 is 2.00 bits per heavy atom. The fourth-order valence-electron chi connectivity index (χ4n) is 2.95. The van der Waals surface area contributed by atoms with Crippen molar-refractivity contribution in [3.63, 3.8) is 0 Å². The first-order valence-corrected chi connectivity index (χ1v) is 7.69. The minimum absolute atomic E-state index is 0.0275. The summed E-state index contributed by atoms with van der Waals surface area (Å²) in [6.45, 7) is 1.70. The molecule has 1 aromatic carbocycles. The third kappa shape index (κ3) is 3.24. The monoisotopic (exact) mass is 287 g/mol. The molecule has 1 aromatic rings. The number of benzene rings is 1. The van der Waals surface area contributed by atoms with Gasteiger partial charge in [0.25, 0.3) is 0 Å². The maximum Gasteiger partial charge on any atom is 0.241 e. The number of piperidine rings is 1. The molecule has 2 saturated heterocycles. The minimum Gasteiger partial charge on any atom is -0.325 e. The fourth-order valence-corrected chi connectivity index (χ4v) is 2.95. The Hall–Kier alpha value is -1.88. The van der Waals surface area contributed by atoms with Gasteiger partial charge < -0.3 is 15.5 Å². The van der Waals surface area contributed by atoms with Gasteiger partial charge in [0, 0.05) is 24.3 Å². The highest BCUT2D eigenvalue weighted by Crippen LogP contribution is 2.23. The number of rotatable bonds is 3.